The average molecular weight is 1480 g/mol. The van der Waals surface area contributed by atoms with Crippen LogP contribution in [0.1, 0.15) is 146 Å². The molecule has 0 unspecified atom stereocenters. The van der Waals surface area contributed by atoms with Crippen LogP contribution in [0.3, 0.4) is 0 Å². The van der Waals surface area contributed by atoms with E-state index in [9.17, 15) is 31.2 Å². The van der Waals surface area contributed by atoms with Gasteiger partial charge in [0.15, 0.2) is 0 Å². The Morgan fingerprint density at radius 2 is 1.05 bits per heavy atom. The molecule has 2 saturated heterocycles. The highest BCUT2D eigenvalue weighted by Crippen LogP contribution is 2.45. The zero-order valence-corrected chi connectivity index (χ0v) is 61.7. The number of sulfonamides is 2. The Morgan fingerprint density at radius 3 is 1.48 bits per heavy atom. The van der Waals surface area contributed by atoms with Gasteiger partial charge in [0.2, 0.25) is 31.9 Å². The zero-order chi connectivity index (χ0) is 70.9. The SMILES string of the molecule is C[C@H]([C@H](C)[C@@H](C)C(=O)NCc1cn(CCCCNS(=O)(=O)c2ccc(O[C@H]3c4cc(Cl)cc(Cl)c4C[C@@H]3N3CCC[C@@H](N)C3)cc2)nn1)[C@H](C)C(=O)NCc1cn(CCCCNS(=O)(=O)c2ccc(O[C@H]3c4cc(Cl)cc(Cl)c4C[C@@H]3N3CCC[C@@H](NC(=O)OC(C)(C)C)C3)cc2)nn1. The molecule has 2 aliphatic carbocycles. The lowest BCUT2D eigenvalue weighted by atomic mass is 9.77. The van der Waals surface area contributed by atoms with Gasteiger partial charge in [0.05, 0.1) is 47.4 Å². The zero-order valence-electron chi connectivity index (χ0n) is 57.1. The Labute approximate surface area is 600 Å². The predicted molar refractivity (Wildman–Crippen MR) is 380 cm³/mol. The third-order valence-electron chi connectivity index (χ3n) is 19.4. The van der Waals surface area contributed by atoms with Gasteiger partial charge < -0.3 is 35.9 Å². The minimum absolute atomic E-state index is 0.000118. The first-order valence-corrected chi connectivity index (χ1v) is 38.6. The average Bonchev–Trinajstić information content (AvgIpc) is 1.65. The van der Waals surface area contributed by atoms with Crippen molar-refractivity contribution in [2.75, 3.05) is 39.3 Å². The lowest BCUT2D eigenvalue weighted by Gasteiger charge is -2.39. The molecule has 30 heteroatoms. The minimum atomic E-state index is -3.85. The van der Waals surface area contributed by atoms with Gasteiger partial charge in [-0.05, 0) is 194 Å². The maximum Gasteiger partial charge on any atom is 0.407 e. The molecule has 2 fully saturated rings. The molecular weight excluding hydrogens is 1390 g/mol. The third-order valence-corrected chi connectivity index (χ3v) is 23.5. The lowest BCUT2D eigenvalue weighted by Crippen LogP contribution is -2.53. The molecule has 2 aromatic heterocycles. The van der Waals surface area contributed by atoms with E-state index in [1.807, 2.05) is 60.6 Å². The molecule has 0 spiro atoms. The first-order valence-electron chi connectivity index (χ1n) is 34.1. The summed E-state index contributed by atoms with van der Waals surface area (Å²) in [5, 5.41) is 28.0. The topological polar surface area (TPSA) is 301 Å². The fraction of sp³-hybridized carbons (Fsp3) is 0.551. The molecule has 0 radical (unpaired) electrons. The van der Waals surface area contributed by atoms with Crippen LogP contribution in [-0.4, -0.2) is 144 Å². The quantitative estimate of drug-likeness (QED) is 0.0229. The van der Waals surface area contributed by atoms with Crippen molar-refractivity contribution in [3.8, 4) is 11.5 Å². The van der Waals surface area contributed by atoms with Gasteiger partial charge >= 0.3 is 6.09 Å². The third kappa shape index (κ3) is 19.9. The number of carbonyl (C=O) groups is 3. The number of ether oxygens (including phenoxy) is 3. The first kappa shape index (κ1) is 75.5. The van der Waals surface area contributed by atoms with Crippen molar-refractivity contribution >= 4 is 84.4 Å². The van der Waals surface area contributed by atoms with Crippen molar-refractivity contribution in [3.63, 3.8) is 0 Å². The number of rotatable bonds is 30. The number of halogens is 4. The van der Waals surface area contributed by atoms with E-state index in [1.54, 1.807) is 58.2 Å². The molecule has 2 aliphatic heterocycles. The Balaban J connectivity index is 0.595. The van der Waals surface area contributed by atoms with Gasteiger partial charge in [-0.2, -0.15) is 0 Å². The molecule has 6 aromatic rings. The summed E-state index contributed by atoms with van der Waals surface area (Å²) >= 11 is 26.4. The van der Waals surface area contributed by atoms with Gasteiger partial charge in [-0.1, -0.05) is 84.5 Å². The summed E-state index contributed by atoms with van der Waals surface area (Å²) in [7, 11) is -7.66. The van der Waals surface area contributed by atoms with Crippen LogP contribution < -0.4 is 40.6 Å². The molecule has 4 heterocycles. The predicted octanol–water partition coefficient (Wildman–Crippen LogP) is 9.98. The summed E-state index contributed by atoms with van der Waals surface area (Å²) in [6, 6.07) is 19.8. The number of likely N-dealkylation sites (tertiary alicyclic amines) is 2. The van der Waals surface area contributed by atoms with E-state index in [0.717, 1.165) is 67.6 Å². The number of aromatic nitrogens is 6. The smallest absolute Gasteiger partial charge is 0.407 e. The summed E-state index contributed by atoms with van der Waals surface area (Å²) in [5.74, 6) is -0.535. The van der Waals surface area contributed by atoms with Crippen LogP contribution in [-0.2, 0) is 73.4 Å². The number of aryl methyl sites for hydroxylation is 2. The molecule has 4 aliphatic rings. The second-order valence-electron chi connectivity index (χ2n) is 27.7. The number of piperidine rings is 2. The second kappa shape index (κ2) is 33.3. The van der Waals surface area contributed by atoms with Crippen LogP contribution in [0.25, 0.3) is 0 Å². The summed E-state index contributed by atoms with van der Waals surface area (Å²) in [6.07, 6.45) is 9.43. The number of nitrogens with zero attached hydrogens (tertiary/aromatic N) is 8. The van der Waals surface area contributed by atoms with Gasteiger partial charge in [0.25, 0.3) is 0 Å². The molecule has 3 amide bonds. The molecule has 4 aromatic carbocycles. The number of hydrogen-bond donors (Lipinski definition) is 6. The highest BCUT2D eigenvalue weighted by molar-refractivity contribution is 7.89. The summed E-state index contributed by atoms with van der Waals surface area (Å²) in [4.78, 5) is 44.4. The Hall–Kier alpha value is -6.17. The van der Waals surface area contributed by atoms with Gasteiger partial charge in [-0.25, -0.2) is 31.1 Å². The second-order valence-corrected chi connectivity index (χ2v) is 33.0. The Morgan fingerprint density at radius 1 is 0.616 bits per heavy atom. The van der Waals surface area contributed by atoms with Gasteiger partial charge in [-0.3, -0.25) is 28.8 Å². The van der Waals surface area contributed by atoms with E-state index in [2.05, 4.69) is 55.8 Å². The van der Waals surface area contributed by atoms with Crippen LogP contribution in [0.2, 0.25) is 20.1 Å². The molecular formula is C69H92Cl4N14O10S2. The van der Waals surface area contributed by atoms with Crippen LogP contribution in [0.4, 0.5) is 4.79 Å². The number of alkyl carbamates (subject to hydrolysis) is 1. The monoisotopic (exact) mass is 1480 g/mol. The normalized spacial score (nSPS) is 21.1. The van der Waals surface area contributed by atoms with Crippen LogP contribution >= 0.6 is 46.4 Å². The molecule has 538 valence electrons. The minimum Gasteiger partial charge on any atom is -0.484 e. The Bertz CT molecular complexity index is 4010. The number of nitrogens with one attached hydrogen (secondary N) is 5. The van der Waals surface area contributed by atoms with Crippen LogP contribution in [0.5, 0.6) is 11.5 Å². The molecule has 10 atom stereocenters. The number of carbonyl (C=O) groups excluding carboxylic acids is 3. The van der Waals surface area contributed by atoms with Crippen LogP contribution in [0.15, 0.2) is 95.0 Å². The van der Waals surface area contributed by atoms with Crippen molar-refractivity contribution in [1.82, 2.24) is 65.2 Å². The fourth-order valence-corrected chi connectivity index (χ4v) is 16.9. The fourth-order valence-electron chi connectivity index (χ4n) is 13.6. The summed E-state index contributed by atoms with van der Waals surface area (Å²) < 4.78 is 81.0. The van der Waals surface area contributed by atoms with Gasteiger partial charge in [0, 0.05) is 94.4 Å². The molecule has 0 bridgehead atoms. The van der Waals surface area contributed by atoms with Crippen molar-refractivity contribution in [3.05, 3.63) is 139 Å². The molecule has 99 heavy (non-hydrogen) atoms. The van der Waals surface area contributed by atoms with Gasteiger partial charge in [0.1, 0.15) is 40.7 Å². The van der Waals surface area contributed by atoms with E-state index in [4.69, 9.17) is 66.3 Å². The maximum atomic E-state index is 13.4. The lowest BCUT2D eigenvalue weighted by molar-refractivity contribution is -0.130. The largest absolute Gasteiger partial charge is 0.484 e. The molecule has 0 saturated carbocycles. The summed E-state index contributed by atoms with van der Waals surface area (Å²) in [6.45, 7) is 17.8. The van der Waals surface area contributed by atoms with Crippen molar-refractivity contribution < 1.29 is 45.4 Å². The van der Waals surface area contributed by atoms with Gasteiger partial charge in [-0.15, -0.1) is 10.2 Å². The number of benzene rings is 4. The number of unbranched alkanes of at least 4 members (excludes halogenated alkanes) is 2. The highest BCUT2D eigenvalue weighted by atomic mass is 35.5. The van der Waals surface area contributed by atoms with E-state index >= 15 is 0 Å². The van der Waals surface area contributed by atoms with E-state index in [-0.39, 0.29) is 89.9 Å². The number of fused-ring (bicyclic) bond motifs is 2. The summed E-state index contributed by atoms with van der Waals surface area (Å²) in [5.41, 5.74) is 10.6. The maximum absolute atomic E-state index is 13.4. The van der Waals surface area contributed by atoms with Crippen molar-refractivity contribution in [2.45, 2.75) is 191 Å². The standard InChI is InChI=1S/C69H92Cl4N14O10S2/c1-42(44(3)66(88)75-36-50-40-86(82-80-50)28-10-8-24-77-98(91,92)54-20-16-52(17-21-54)95-64-58-30-46(70)32-60(72)56(58)34-62(64)84-26-12-14-48(74)38-84)43(2)45(4)67(89)76-37-51-41-87(83-81-51)29-11-9-25-78-99(93,94)55-22-18-53(19-23-55)96-65-59-31-47(71)33-61(73)57(59)35-63(65)85-27-13-15-49(39-85)79-68(90)97-69(5,6)7/h16-23,30-33,40-45,48-49,62-65,77-78H,8-15,24-29,34-39,74H2,1-7H3,(H,75,88)(H,76,89)(H,79,90)/t42-,43+,44+,45-,48+,49+,62-,63-,64-,65-/m0/s1. The van der Waals surface area contributed by atoms with Crippen molar-refractivity contribution in [2.24, 2.45) is 29.4 Å². The number of hydrogen-bond acceptors (Lipinski definition) is 17. The number of nitrogens with two attached hydrogens (primary N) is 1. The first-order chi connectivity index (χ1) is 47.1. The van der Waals surface area contributed by atoms with E-state index < -0.39 is 49.7 Å². The highest BCUT2D eigenvalue weighted by Gasteiger charge is 2.43. The van der Waals surface area contributed by atoms with Crippen LogP contribution in [0, 0.1) is 23.7 Å². The Kier molecular flexibility index (Phi) is 25.4. The van der Waals surface area contributed by atoms with Crippen molar-refractivity contribution in [1.29, 1.82) is 0 Å². The molecule has 10 rings (SSSR count). The molecule has 24 nitrogen and oxygen atoms in total. The number of amides is 3. The van der Waals surface area contributed by atoms with E-state index in [1.165, 1.54) is 24.3 Å². The van der Waals surface area contributed by atoms with E-state index in [0.29, 0.717) is 101 Å². The molecule has 7 N–H and O–H groups in total.